The van der Waals surface area contributed by atoms with Gasteiger partial charge >= 0.3 is 0 Å². The number of thiophene rings is 1. The number of nitrogens with zero attached hydrogens (tertiary/aromatic N) is 2. The van der Waals surface area contributed by atoms with E-state index in [2.05, 4.69) is 43.9 Å². The molecule has 0 fully saturated rings. The molecule has 1 atom stereocenters. The van der Waals surface area contributed by atoms with Crippen molar-refractivity contribution in [3.63, 3.8) is 0 Å². The van der Waals surface area contributed by atoms with Gasteiger partial charge in [-0.15, -0.1) is 16.4 Å². The molecule has 0 aliphatic carbocycles. The quantitative estimate of drug-likeness (QED) is 0.942. The molecule has 2 rings (SSSR count). The van der Waals surface area contributed by atoms with Crippen molar-refractivity contribution in [2.24, 2.45) is 5.73 Å². The normalized spacial score (nSPS) is 12.9. The topological polar surface area (TPSA) is 51.8 Å². The van der Waals surface area contributed by atoms with Gasteiger partial charge in [-0.1, -0.05) is 11.4 Å². The van der Waals surface area contributed by atoms with Crippen LogP contribution in [-0.2, 0) is 12.8 Å². The Hall–Kier alpha value is -0.300. The first kappa shape index (κ1) is 12.2. The molecule has 2 aromatic rings. The number of nitrogens with two attached hydrogens (primary N) is 1. The molecule has 6 heteroatoms. The first-order valence-electron chi connectivity index (χ1n) is 5.01. The summed E-state index contributed by atoms with van der Waals surface area (Å²) in [5, 5.41) is 6.15. The molecule has 0 radical (unpaired) electrons. The summed E-state index contributed by atoms with van der Waals surface area (Å²) in [7, 11) is 0. The lowest BCUT2D eigenvalue weighted by atomic mass is 10.1. The van der Waals surface area contributed by atoms with E-state index in [-0.39, 0.29) is 6.04 Å². The van der Waals surface area contributed by atoms with Crippen molar-refractivity contribution < 1.29 is 0 Å². The summed E-state index contributed by atoms with van der Waals surface area (Å²) in [6.07, 6.45) is 1.74. The van der Waals surface area contributed by atoms with Crippen molar-refractivity contribution in [2.75, 3.05) is 0 Å². The Morgan fingerprint density at radius 2 is 2.38 bits per heavy atom. The molecule has 0 aliphatic heterocycles. The van der Waals surface area contributed by atoms with E-state index in [0.717, 1.165) is 27.9 Å². The third-order valence-corrected chi connectivity index (χ3v) is 5.20. The number of hydrogen-bond acceptors (Lipinski definition) is 5. The highest BCUT2D eigenvalue weighted by molar-refractivity contribution is 9.10. The minimum atomic E-state index is 0.00454. The minimum absolute atomic E-state index is 0.00454. The van der Waals surface area contributed by atoms with Gasteiger partial charge in [0.25, 0.3) is 0 Å². The van der Waals surface area contributed by atoms with Crippen LogP contribution in [0.5, 0.6) is 0 Å². The van der Waals surface area contributed by atoms with Crippen LogP contribution in [0.4, 0.5) is 0 Å². The predicted molar refractivity (Wildman–Crippen MR) is 71.9 cm³/mol. The van der Waals surface area contributed by atoms with Crippen LogP contribution in [-0.4, -0.2) is 9.59 Å². The number of aromatic nitrogens is 2. The van der Waals surface area contributed by atoms with E-state index in [4.69, 9.17) is 5.73 Å². The van der Waals surface area contributed by atoms with Crippen LogP contribution in [0.25, 0.3) is 0 Å². The summed E-state index contributed by atoms with van der Waals surface area (Å²) in [5.41, 5.74) is 7.22. The van der Waals surface area contributed by atoms with Crippen molar-refractivity contribution in [3.8, 4) is 0 Å². The van der Waals surface area contributed by atoms with Gasteiger partial charge in [-0.05, 0) is 45.3 Å². The monoisotopic (exact) mass is 317 g/mol. The minimum Gasteiger partial charge on any atom is -0.323 e. The molecule has 0 aliphatic rings. The molecular weight excluding hydrogens is 306 g/mol. The van der Waals surface area contributed by atoms with E-state index in [0.29, 0.717) is 0 Å². The maximum atomic E-state index is 6.19. The molecule has 0 saturated heterocycles. The van der Waals surface area contributed by atoms with E-state index in [1.54, 1.807) is 11.3 Å². The number of rotatable bonds is 4. The lowest BCUT2D eigenvalue weighted by molar-refractivity contribution is 0.728. The fourth-order valence-electron chi connectivity index (χ4n) is 1.51. The Kier molecular flexibility index (Phi) is 4.07. The zero-order valence-corrected chi connectivity index (χ0v) is 12.0. The van der Waals surface area contributed by atoms with E-state index in [9.17, 15) is 0 Å². The fraction of sp³-hybridized carbons (Fsp3) is 0.400. The Bertz CT molecular complexity index is 466. The lowest BCUT2D eigenvalue weighted by Crippen LogP contribution is -2.13. The van der Waals surface area contributed by atoms with Crippen LogP contribution in [0, 0.1) is 0 Å². The molecule has 2 aromatic heterocycles. The highest BCUT2D eigenvalue weighted by Crippen LogP contribution is 2.29. The number of aryl methyl sites for hydroxylation is 1. The zero-order chi connectivity index (χ0) is 11.5. The molecule has 86 valence electrons. The van der Waals surface area contributed by atoms with Crippen LogP contribution in [0.3, 0.4) is 0 Å². The molecule has 1 unspecified atom stereocenters. The summed E-state index contributed by atoms with van der Waals surface area (Å²) in [6.45, 7) is 2.08. The summed E-state index contributed by atoms with van der Waals surface area (Å²) in [6, 6.07) is 2.06. The van der Waals surface area contributed by atoms with Gasteiger partial charge in [0.1, 0.15) is 0 Å². The van der Waals surface area contributed by atoms with Gasteiger partial charge in [-0.2, -0.15) is 0 Å². The molecule has 3 nitrogen and oxygen atoms in total. The second-order valence-corrected chi connectivity index (χ2v) is 6.08. The van der Waals surface area contributed by atoms with E-state index >= 15 is 0 Å². The van der Waals surface area contributed by atoms with E-state index in [1.807, 2.05) is 0 Å². The average molecular weight is 318 g/mol. The van der Waals surface area contributed by atoms with E-state index < -0.39 is 0 Å². The van der Waals surface area contributed by atoms with Gasteiger partial charge in [0, 0.05) is 21.8 Å². The van der Waals surface area contributed by atoms with Crippen LogP contribution in [0.2, 0.25) is 0 Å². The van der Waals surface area contributed by atoms with Gasteiger partial charge in [0.2, 0.25) is 0 Å². The molecule has 2 heterocycles. The van der Waals surface area contributed by atoms with Crippen molar-refractivity contribution in [1.29, 1.82) is 0 Å². The summed E-state index contributed by atoms with van der Waals surface area (Å²) < 4.78 is 5.11. The molecule has 2 N–H and O–H groups in total. The van der Waals surface area contributed by atoms with Gasteiger partial charge in [0.15, 0.2) is 0 Å². The Morgan fingerprint density at radius 1 is 1.56 bits per heavy atom. The Balaban J connectivity index is 2.14. The molecular formula is C10H12BrN3S2. The highest BCUT2D eigenvalue weighted by Gasteiger charge is 2.16. The molecule has 0 spiro atoms. The van der Waals surface area contributed by atoms with Crippen molar-refractivity contribution in [2.45, 2.75) is 25.8 Å². The number of hydrogen-bond donors (Lipinski definition) is 1. The zero-order valence-electron chi connectivity index (χ0n) is 8.81. The third kappa shape index (κ3) is 2.51. The Morgan fingerprint density at radius 3 is 3.00 bits per heavy atom. The van der Waals surface area contributed by atoms with Crippen LogP contribution in [0.15, 0.2) is 15.9 Å². The number of halogens is 1. The fourth-order valence-corrected chi connectivity index (χ4v) is 3.82. The van der Waals surface area contributed by atoms with Gasteiger partial charge in [-0.25, -0.2) is 0 Å². The van der Waals surface area contributed by atoms with Crippen LogP contribution < -0.4 is 5.73 Å². The van der Waals surface area contributed by atoms with Gasteiger partial charge in [0.05, 0.1) is 10.6 Å². The van der Waals surface area contributed by atoms with Crippen molar-refractivity contribution >= 4 is 38.8 Å². The molecule has 0 aromatic carbocycles. The second kappa shape index (κ2) is 5.35. The first-order chi connectivity index (χ1) is 7.72. The van der Waals surface area contributed by atoms with Crippen molar-refractivity contribution in [3.05, 3.63) is 31.4 Å². The maximum Gasteiger partial charge on any atom is 0.0801 e. The second-order valence-electron chi connectivity index (χ2n) is 3.44. The summed E-state index contributed by atoms with van der Waals surface area (Å²) >= 11 is 6.66. The molecule has 0 saturated carbocycles. The smallest absolute Gasteiger partial charge is 0.0801 e. The predicted octanol–water partition coefficient (Wildman–Crippen LogP) is 3.17. The SMILES string of the molecule is CCc1nnsc1C(N)Cc1sccc1Br. The third-order valence-electron chi connectivity index (χ3n) is 2.35. The van der Waals surface area contributed by atoms with Gasteiger partial charge < -0.3 is 5.73 Å². The van der Waals surface area contributed by atoms with E-state index in [1.165, 1.54) is 16.4 Å². The molecule has 0 amide bonds. The van der Waals surface area contributed by atoms with Crippen molar-refractivity contribution in [1.82, 2.24) is 9.59 Å². The lowest BCUT2D eigenvalue weighted by Gasteiger charge is -2.09. The first-order valence-corrected chi connectivity index (χ1v) is 7.45. The Labute approximate surface area is 111 Å². The largest absolute Gasteiger partial charge is 0.323 e. The summed E-state index contributed by atoms with van der Waals surface area (Å²) in [5.74, 6) is 0. The van der Waals surface area contributed by atoms with Crippen LogP contribution >= 0.6 is 38.8 Å². The van der Waals surface area contributed by atoms with Gasteiger partial charge in [-0.3, -0.25) is 0 Å². The highest BCUT2D eigenvalue weighted by atomic mass is 79.9. The standard InChI is InChI=1S/C10H12BrN3S2/c1-2-8-10(16-14-13-8)7(12)5-9-6(11)3-4-15-9/h3-4,7H,2,5,12H2,1H3. The molecule has 16 heavy (non-hydrogen) atoms. The summed E-state index contributed by atoms with van der Waals surface area (Å²) in [4.78, 5) is 2.39. The molecule has 0 bridgehead atoms. The maximum absolute atomic E-state index is 6.19. The average Bonchev–Trinajstić information content (AvgIpc) is 2.87. The van der Waals surface area contributed by atoms with Crippen LogP contribution in [0.1, 0.15) is 28.4 Å².